The second-order valence-corrected chi connectivity index (χ2v) is 29.1. The molecule has 0 aliphatic heterocycles. The lowest BCUT2D eigenvalue weighted by molar-refractivity contribution is -0.161. The van der Waals surface area contributed by atoms with E-state index in [9.17, 15) is 43.2 Å². The molecule has 0 aromatic carbocycles. The number of aliphatic hydroxyl groups excluding tert-OH is 1. The summed E-state index contributed by atoms with van der Waals surface area (Å²) in [4.78, 5) is 72.5. The minimum absolute atomic E-state index is 0.106. The molecule has 0 bridgehead atoms. The van der Waals surface area contributed by atoms with E-state index in [1.807, 2.05) is 0 Å². The first-order valence-electron chi connectivity index (χ1n) is 37.7. The Hall–Kier alpha value is -1.94. The van der Waals surface area contributed by atoms with Crippen LogP contribution in [0.4, 0.5) is 0 Å². The third-order valence-electron chi connectivity index (χ3n) is 17.1. The Morgan fingerprint density at radius 2 is 0.527 bits per heavy atom. The van der Waals surface area contributed by atoms with Crippen molar-refractivity contribution in [2.45, 2.75) is 393 Å². The summed E-state index contributed by atoms with van der Waals surface area (Å²) >= 11 is 0. The van der Waals surface area contributed by atoms with Gasteiger partial charge in [0.2, 0.25) is 0 Å². The van der Waals surface area contributed by atoms with Crippen LogP contribution in [0.2, 0.25) is 0 Å². The van der Waals surface area contributed by atoms with Crippen LogP contribution < -0.4 is 0 Å². The van der Waals surface area contributed by atoms with E-state index < -0.39 is 97.5 Å². The smallest absolute Gasteiger partial charge is 0.462 e. The van der Waals surface area contributed by atoms with Gasteiger partial charge >= 0.3 is 39.5 Å². The molecule has 3 N–H and O–H groups in total. The molecule has 0 heterocycles. The van der Waals surface area contributed by atoms with E-state index >= 15 is 0 Å². The van der Waals surface area contributed by atoms with Gasteiger partial charge in [-0.1, -0.05) is 324 Å². The number of aliphatic hydroxyl groups is 1. The summed E-state index contributed by atoms with van der Waals surface area (Å²) in [7, 11) is -9.89. The molecule has 0 aliphatic carbocycles. The van der Waals surface area contributed by atoms with Crippen molar-refractivity contribution >= 4 is 39.5 Å². The van der Waals surface area contributed by atoms with E-state index in [4.69, 9.17) is 37.0 Å². The Bertz CT molecular complexity index is 1760. The van der Waals surface area contributed by atoms with Crippen LogP contribution in [0.1, 0.15) is 375 Å². The van der Waals surface area contributed by atoms with Crippen molar-refractivity contribution < 1.29 is 80.2 Å². The van der Waals surface area contributed by atoms with Crippen molar-refractivity contribution in [2.24, 2.45) is 5.92 Å². The molecule has 0 saturated heterocycles. The van der Waals surface area contributed by atoms with Gasteiger partial charge in [0, 0.05) is 25.7 Å². The topological polar surface area (TPSA) is 237 Å². The molecule has 540 valence electrons. The van der Waals surface area contributed by atoms with Gasteiger partial charge in [-0.2, -0.15) is 0 Å². The number of esters is 4. The predicted octanol–water partition coefficient (Wildman–Crippen LogP) is 20.9. The monoisotopic (exact) mass is 1340 g/mol. The number of carbonyl (C=O) groups excluding carboxylic acids is 4. The summed E-state index contributed by atoms with van der Waals surface area (Å²) in [6.07, 6.45) is 52.8. The van der Waals surface area contributed by atoms with Gasteiger partial charge < -0.3 is 33.8 Å². The molecule has 0 spiro atoms. The van der Waals surface area contributed by atoms with E-state index in [-0.39, 0.29) is 25.7 Å². The summed E-state index contributed by atoms with van der Waals surface area (Å²) in [6, 6.07) is 0. The molecule has 3 unspecified atom stereocenters. The van der Waals surface area contributed by atoms with E-state index in [1.54, 1.807) is 0 Å². The highest BCUT2D eigenvalue weighted by molar-refractivity contribution is 7.47. The molecular weight excluding hydrogens is 1200 g/mol. The predicted molar refractivity (Wildman–Crippen MR) is 368 cm³/mol. The first-order valence-corrected chi connectivity index (χ1v) is 40.7. The Kier molecular flexibility index (Phi) is 64.0. The van der Waals surface area contributed by atoms with Gasteiger partial charge in [-0.15, -0.1) is 0 Å². The average Bonchev–Trinajstić information content (AvgIpc) is 2.62. The van der Waals surface area contributed by atoms with Crippen molar-refractivity contribution in [1.82, 2.24) is 0 Å². The maximum atomic E-state index is 13.0. The quantitative estimate of drug-likeness (QED) is 0.0222. The standard InChI is InChI=1S/C72H140O17P2/c1-6-10-13-16-19-22-23-24-25-26-27-28-29-30-31-32-38-43-48-53-58-72(77)89-68(62-83-70(75)56-51-46-41-37-34-33-36-39-44-49-54-65(5)9-4)64-87-91(80,81)85-60-66(73)59-84-90(78,79)86-63-67(61-82-69(74)55-50-45-40-21-18-15-12-8-3)88-71(76)57-52-47-42-35-20-17-14-11-7-2/h65-68,73H,6-64H2,1-5H3,(H,78,79)(H,80,81)/t65?,66-,67+,68+/m0/s1. The first-order chi connectivity index (χ1) is 44.1. The van der Waals surface area contributed by atoms with Gasteiger partial charge in [0.25, 0.3) is 0 Å². The van der Waals surface area contributed by atoms with Gasteiger partial charge in [0.05, 0.1) is 26.4 Å². The Morgan fingerprint density at radius 3 is 0.780 bits per heavy atom. The second-order valence-electron chi connectivity index (χ2n) is 26.2. The average molecular weight is 1340 g/mol. The number of carbonyl (C=O) groups is 4. The third-order valence-corrected chi connectivity index (χ3v) is 19.0. The minimum atomic E-state index is -4.95. The molecule has 19 heteroatoms. The largest absolute Gasteiger partial charge is 0.472 e. The van der Waals surface area contributed by atoms with Crippen molar-refractivity contribution in [1.29, 1.82) is 0 Å². The van der Waals surface area contributed by atoms with E-state index in [2.05, 4.69) is 34.6 Å². The van der Waals surface area contributed by atoms with Crippen LogP contribution in [0.15, 0.2) is 0 Å². The molecule has 0 fully saturated rings. The third kappa shape index (κ3) is 65.1. The number of rotatable bonds is 72. The molecule has 0 radical (unpaired) electrons. The molecule has 0 amide bonds. The van der Waals surface area contributed by atoms with Gasteiger partial charge in [0.15, 0.2) is 12.2 Å². The fraction of sp³-hybridized carbons (Fsp3) is 0.944. The van der Waals surface area contributed by atoms with Crippen LogP contribution in [0, 0.1) is 5.92 Å². The highest BCUT2D eigenvalue weighted by Gasteiger charge is 2.30. The van der Waals surface area contributed by atoms with Crippen molar-refractivity contribution in [3.63, 3.8) is 0 Å². The second kappa shape index (κ2) is 65.4. The Balaban J connectivity index is 5.17. The summed E-state index contributed by atoms with van der Waals surface area (Å²) in [6.45, 7) is 7.24. The number of hydrogen-bond acceptors (Lipinski definition) is 15. The molecule has 0 saturated carbocycles. The van der Waals surface area contributed by atoms with E-state index in [0.717, 1.165) is 102 Å². The molecule has 0 aromatic heterocycles. The molecule has 0 aromatic rings. The molecular formula is C72H140O17P2. The first kappa shape index (κ1) is 89.1. The van der Waals surface area contributed by atoms with Crippen LogP contribution in [-0.4, -0.2) is 96.7 Å². The fourth-order valence-electron chi connectivity index (χ4n) is 11.0. The van der Waals surface area contributed by atoms with Crippen LogP contribution in [0.25, 0.3) is 0 Å². The molecule has 17 nitrogen and oxygen atoms in total. The number of ether oxygens (including phenoxy) is 4. The normalized spacial score (nSPS) is 14.3. The van der Waals surface area contributed by atoms with E-state index in [1.165, 1.54) is 193 Å². The lowest BCUT2D eigenvalue weighted by atomic mass is 9.99. The van der Waals surface area contributed by atoms with Crippen LogP contribution in [0.3, 0.4) is 0 Å². The van der Waals surface area contributed by atoms with Gasteiger partial charge in [0.1, 0.15) is 19.3 Å². The highest BCUT2D eigenvalue weighted by atomic mass is 31.2. The lowest BCUT2D eigenvalue weighted by Gasteiger charge is -2.21. The zero-order valence-corrected chi connectivity index (χ0v) is 60.8. The minimum Gasteiger partial charge on any atom is -0.462 e. The van der Waals surface area contributed by atoms with E-state index in [0.29, 0.717) is 25.7 Å². The lowest BCUT2D eigenvalue weighted by Crippen LogP contribution is -2.30. The summed E-state index contributed by atoms with van der Waals surface area (Å²) in [5.74, 6) is -1.31. The number of hydrogen-bond donors (Lipinski definition) is 3. The zero-order chi connectivity index (χ0) is 67.0. The molecule has 0 rings (SSSR count). The molecule has 0 aliphatic rings. The number of unbranched alkanes of at least 4 members (excludes halogenated alkanes) is 43. The fourth-order valence-corrected chi connectivity index (χ4v) is 12.5. The van der Waals surface area contributed by atoms with Crippen molar-refractivity contribution in [2.75, 3.05) is 39.6 Å². The van der Waals surface area contributed by atoms with Crippen molar-refractivity contribution in [3.05, 3.63) is 0 Å². The summed E-state index contributed by atoms with van der Waals surface area (Å²) < 4.78 is 68.2. The Labute approximate surface area is 556 Å². The Morgan fingerprint density at radius 1 is 0.308 bits per heavy atom. The SMILES string of the molecule is CCCCCCCCCCCCCCCCCCCCCCC(=O)O[C@H](COC(=O)CCCCCCCCCCCCC(C)CC)COP(=O)(O)OC[C@@H](O)COP(=O)(O)OC[C@@H](COC(=O)CCCCCCCCCC)OC(=O)CCCCCCCCCCC. The van der Waals surface area contributed by atoms with Crippen molar-refractivity contribution in [3.8, 4) is 0 Å². The molecule has 6 atom stereocenters. The van der Waals surface area contributed by atoms with Crippen LogP contribution >= 0.6 is 15.6 Å². The zero-order valence-electron chi connectivity index (χ0n) is 59.0. The van der Waals surface area contributed by atoms with Gasteiger partial charge in [-0.05, 0) is 31.6 Å². The maximum absolute atomic E-state index is 13.0. The highest BCUT2D eigenvalue weighted by Crippen LogP contribution is 2.45. The summed E-state index contributed by atoms with van der Waals surface area (Å²) in [5.41, 5.74) is 0. The number of phosphoric acid groups is 2. The summed E-state index contributed by atoms with van der Waals surface area (Å²) in [5, 5.41) is 10.6. The van der Waals surface area contributed by atoms with Crippen LogP contribution in [0.5, 0.6) is 0 Å². The molecule has 91 heavy (non-hydrogen) atoms. The number of phosphoric ester groups is 2. The van der Waals surface area contributed by atoms with Gasteiger partial charge in [-0.25, -0.2) is 9.13 Å². The maximum Gasteiger partial charge on any atom is 0.472 e. The van der Waals surface area contributed by atoms with Gasteiger partial charge in [-0.3, -0.25) is 37.3 Å². The van der Waals surface area contributed by atoms with Crippen LogP contribution in [-0.2, 0) is 65.4 Å².